The van der Waals surface area contributed by atoms with Crippen molar-refractivity contribution in [3.63, 3.8) is 0 Å². The Morgan fingerprint density at radius 2 is 0.807 bits per heavy atom. The molecule has 0 saturated heterocycles. The molecule has 0 unspecified atom stereocenters. The minimum absolute atomic E-state index is 0.000744. The first-order valence-electron chi connectivity index (χ1n) is 51.6. The van der Waals surface area contributed by atoms with Gasteiger partial charge in [0.1, 0.15) is 28.2 Å². The fraction of sp³-hybridized carbons (Fsp3) is 0.602. The van der Waals surface area contributed by atoms with Crippen molar-refractivity contribution < 1.29 is 58.7 Å². The van der Waals surface area contributed by atoms with E-state index in [4.69, 9.17) is 0 Å². The summed E-state index contributed by atoms with van der Waals surface area (Å²) in [4.78, 5) is 117. The van der Waals surface area contributed by atoms with Gasteiger partial charge in [-0.25, -0.2) is 63.2 Å². The van der Waals surface area contributed by atoms with E-state index in [1.807, 2.05) is 197 Å². The van der Waals surface area contributed by atoms with E-state index >= 15 is 0 Å². The third kappa shape index (κ3) is 40.3. The van der Waals surface area contributed by atoms with E-state index in [2.05, 4.69) is 201 Å². The Hall–Kier alpha value is -11.9. The van der Waals surface area contributed by atoms with Gasteiger partial charge in [0, 0.05) is 195 Å². The lowest BCUT2D eigenvalue weighted by Gasteiger charge is -2.24. The molecular formula is C113H173F6N23O7S. The number of rotatable bonds is 21. The molecule has 150 heavy (non-hydrogen) atoms. The Balaban J connectivity index is 0.000000348. The van der Waals surface area contributed by atoms with Gasteiger partial charge in [-0.3, -0.25) is 57.6 Å². The van der Waals surface area contributed by atoms with Crippen LogP contribution in [0.1, 0.15) is 386 Å². The second-order valence-electron chi connectivity index (χ2n) is 44.4. The van der Waals surface area contributed by atoms with Gasteiger partial charge >= 0.3 is 12.4 Å². The molecule has 0 aliphatic heterocycles. The SMILES string of the molecule is CC(=O)N(C)c1cc(C)c(C(C)C)cn1.CC(C)c1cc(CC(F)(F)F)nn1C.CC(C)c1ncc(S(C)(=O)=O)cn1.CCn1nc(C(F)(F)F)cc1C(C)C.Cc1cc(C(C)C)n(C)n1.Cc1cc(N(C)C(=O)C2(C)CC2)ncc1C(C)C.Cc1cc(N(C)C(=O)C2CC2)ncc1C(C)C.Cc1nc(N(C)C(=O)C(C)(C)C)ncc1C(C)C.Cc1nc(N(C)C(=O)C2CC2)ncc1C(C)C.Cc1nc(N(C)C)ncc1C(C)(C)C. The molecule has 13 rings (SSSR count). The third-order valence-electron chi connectivity index (χ3n) is 25.2. The zero-order valence-electron chi connectivity index (χ0n) is 97.9. The summed E-state index contributed by atoms with van der Waals surface area (Å²) in [5.74, 6) is 8.89. The Morgan fingerprint density at radius 1 is 0.433 bits per heavy atom. The van der Waals surface area contributed by atoms with E-state index in [1.54, 1.807) is 54.7 Å². The largest absolute Gasteiger partial charge is 0.435 e. The number of amides is 5. The maximum Gasteiger partial charge on any atom is 0.435 e. The number of anilines is 6. The Kier molecular flexibility index (Phi) is 48.6. The number of hydrogen-bond donors (Lipinski definition) is 0. The molecular weight excluding hydrogens is 1940 g/mol. The van der Waals surface area contributed by atoms with Crippen LogP contribution in [0.3, 0.4) is 0 Å². The number of hydrogen-bond acceptors (Lipinski definition) is 22. The summed E-state index contributed by atoms with van der Waals surface area (Å²) in [6.07, 6.45) is 11.7. The molecule has 3 fully saturated rings. The maximum absolute atomic E-state index is 12.3. The highest BCUT2D eigenvalue weighted by molar-refractivity contribution is 7.90. The van der Waals surface area contributed by atoms with Crippen LogP contribution in [0.15, 0.2) is 90.9 Å². The van der Waals surface area contributed by atoms with E-state index < -0.39 is 39.7 Å². The van der Waals surface area contributed by atoms with Gasteiger partial charge in [0.25, 0.3) is 0 Å². The van der Waals surface area contributed by atoms with Crippen LogP contribution in [0, 0.1) is 71.1 Å². The molecule has 0 spiro atoms. The van der Waals surface area contributed by atoms with Crippen molar-refractivity contribution in [1.29, 1.82) is 0 Å². The van der Waals surface area contributed by atoms with E-state index in [0.717, 1.165) is 108 Å². The molecule has 37 heteroatoms. The van der Waals surface area contributed by atoms with Crippen molar-refractivity contribution in [2.75, 3.05) is 85.0 Å². The van der Waals surface area contributed by atoms with Crippen LogP contribution in [-0.2, 0) is 72.5 Å². The molecule has 0 aromatic carbocycles. The summed E-state index contributed by atoms with van der Waals surface area (Å²) in [5.41, 5.74) is 16.4. The summed E-state index contributed by atoms with van der Waals surface area (Å²) < 4.78 is 99.9. The van der Waals surface area contributed by atoms with Crippen LogP contribution in [0.25, 0.3) is 0 Å². The number of pyridine rings is 3. The van der Waals surface area contributed by atoms with E-state index in [1.165, 1.54) is 84.3 Å². The predicted octanol–water partition coefficient (Wildman–Crippen LogP) is 24.6. The third-order valence-corrected chi connectivity index (χ3v) is 26.3. The highest BCUT2D eigenvalue weighted by atomic mass is 32.2. The van der Waals surface area contributed by atoms with Crippen molar-refractivity contribution >= 4 is 74.7 Å². The predicted molar refractivity (Wildman–Crippen MR) is 591 cm³/mol. The minimum atomic E-state index is -4.34. The van der Waals surface area contributed by atoms with Gasteiger partial charge in [0.15, 0.2) is 15.5 Å². The molecule has 10 heterocycles. The molecule has 3 aliphatic carbocycles. The van der Waals surface area contributed by atoms with Crippen LogP contribution in [0.2, 0.25) is 0 Å². The summed E-state index contributed by atoms with van der Waals surface area (Å²) in [5, 5.41) is 11.6. The molecule has 30 nitrogen and oxygen atoms in total. The van der Waals surface area contributed by atoms with Crippen LogP contribution < -0.4 is 29.4 Å². The van der Waals surface area contributed by atoms with Gasteiger partial charge in [-0.15, -0.1) is 0 Å². The summed E-state index contributed by atoms with van der Waals surface area (Å²) in [6, 6.07) is 10.7. The van der Waals surface area contributed by atoms with Gasteiger partial charge in [0.2, 0.25) is 47.4 Å². The lowest BCUT2D eigenvalue weighted by atomic mass is 9.87. The Morgan fingerprint density at radius 3 is 1.10 bits per heavy atom. The molecule has 830 valence electrons. The standard InChI is InChI=1S/C15H22N2O.C14H23N3O.C14H20N2O.C13H19N3O.C12H18N2O.C11H19N3.2C9H13F3N2.C8H12N2O2S.C8H14N2/c1-10(2)12-9-16-13(8-11(12)3)17(5)14(18)15(4)6-7-15;1-9(2)11-8-15-13(16-10(11)3)17(7)12(18)14(4,5)6;1-9(2)12-8-15-13(7-10(12)3)16(4)14(17)11-5-6-11;1-8(2)11-7-14-13(15-9(11)3)16(4)12(17)10-5-6-10;1-8(2)11-7-13-12(6-9(11)3)14(5)10(4)15;1-8-9(11(2,3)4)7-12-10(13-8)14(5)6;1-6(2)8-4-7(13-14(8)3)5-9(10,11)12;1-4-14-7(6(2)3)5-8(13-14)9(10,11)12;1-6(2)8-9-4-7(5-10-8)13(3,11)12;1-6(2)8-5-7(3)9-10(8)4/h8-10H,6-7H2,1-5H3;8-9H,1-7H3;7-9,11H,5-6H2,1-4H3;7-8,10H,5-6H2,1-4H3;6-8H,1-5H3;7H,1-6H3;4,6H,5H2,1-3H3;5-6H,4H2,1-3H3;4-6H,1-3H3;5-6H,1-4H3. The van der Waals surface area contributed by atoms with Crippen LogP contribution in [-0.4, -0.2) is 184 Å². The molecule has 0 N–H and O–H groups in total. The number of carbonyl (C=O) groups excluding carboxylic acids is 5. The number of carbonyl (C=O) groups is 5. The van der Waals surface area contributed by atoms with Gasteiger partial charge < -0.3 is 9.80 Å². The lowest BCUT2D eigenvalue weighted by Crippen LogP contribution is -2.37. The van der Waals surface area contributed by atoms with Gasteiger partial charge in [0.05, 0.1) is 17.8 Å². The van der Waals surface area contributed by atoms with Crippen molar-refractivity contribution in [3.8, 4) is 0 Å². The fourth-order valence-electron chi connectivity index (χ4n) is 15.5. The normalized spacial score (nSPS) is 13.1. The maximum atomic E-state index is 12.3. The second-order valence-corrected chi connectivity index (χ2v) is 46.4. The number of aromatic nitrogens is 17. The van der Waals surface area contributed by atoms with E-state index in [9.17, 15) is 58.7 Å². The van der Waals surface area contributed by atoms with Crippen molar-refractivity contribution in [2.45, 2.75) is 363 Å². The number of alkyl halides is 6. The number of aryl methyl sites for hydroxylation is 10. The quantitative estimate of drug-likeness (QED) is 0.0603. The first-order chi connectivity index (χ1) is 68.9. The average Bonchev–Trinajstić information content (AvgIpc) is 1.63. The van der Waals surface area contributed by atoms with Crippen LogP contribution >= 0.6 is 0 Å². The van der Waals surface area contributed by atoms with Crippen molar-refractivity contribution in [1.82, 2.24) is 84.2 Å². The van der Waals surface area contributed by atoms with Crippen molar-refractivity contribution in [2.24, 2.45) is 36.8 Å². The zero-order valence-corrected chi connectivity index (χ0v) is 98.7. The molecule has 3 aliphatic rings. The molecule has 10 aromatic heterocycles. The first-order valence-corrected chi connectivity index (χ1v) is 53.5. The van der Waals surface area contributed by atoms with Gasteiger partial charge in [-0.1, -0.05) is 173 Å². The van der Waals surface area contributed by atoms with Crippen molar-refractivity contribution in [3.05, 3.63) is 193 Å². The topological polar surface area (TPSA) is 334 Å². The monoisotopic (exact) mass is 2110 g/mol. The Bertz CT molecular complexity index is 6030. The highest BCUT2D eigenvalue weighted by Gasteiger charge is 2.47. The van der Waals surface area contributed by atoms with Crippen LogP contribution in [0.5, 0.6) is 0 Å². The van der Waals surface area contributed by atoms with Crippen LogP contribution in [0.4, 0.5) is 61.6 Å². The van der Waals surface area contributed by atoms with E-state index in [0.29, 0.717) is 71.3 Å². The lowest BCUT2D eigenvalue weighted by molar-refractivity contribution is -0.141. The summed E-state index contributed by atoms with van der Waals surface area (Å²) in [7, 11) is 13.2. The minimum Gasteiger partial charge on any atom is -0.347 e. The summed E-state index contributed by atoms with van der Waals surface area (Å²) >= 11 is 0. The van der Waals surface area contributed by atoms with Gasteiger partial charge in [-0.2, -0.15) is 41.6 Å². The van der Waals surface area contributed by atoms with Gasteiger partial charge in [-0.05, 0) is 233 Å². The molecule has 3 saturated carbocycles. The smallest absolute Gasteiger partial charge is 0.347 e. The summed E-state index contributed by atoms with van der Waals surface area (Å²) in [6.45, 7) is 69.3. The highest BCUT2D eigenvalue weighted by Crippen LogP contribution is 2.47. The first kappa shape index (κ1) is 130. The number of sulfone groups is 1. The molecule has 0 bridgehead atoms. The molecule has 0 radical (unpaired) electrons. The fourth-order valence-corrected chi connectivity index (χ4v) is 16.0. The molecule has 5 amide bonds. The zero-order chi connectivity index (χ0) is 115. The molecule has 10 aromatic rings. The number of nitrogens with zero attached hydrogens (tertiary/aromatic N) is 23. The molecule has 0 atom stereocenters. The number of halogens is 6. The second kappa shape index (κ2) is 55.9. The van der Waals surface area contributed by atoms with E-state index in [-0.39, 0.29) is 80.5 Å². The average molecular weight is 2110 g/mol. The Labute approximate surface area is 890 Å².